The quantitative estimate of drug-likeness (QED) is 0.732. The van der Waals surface area contributed by atoms with Crippen molar-refractivity contribution in [3.05, 3.63) is 47.5 Å². The summed E-state index contributed by atoms with van der Waals surface area (Å²) >= 11 is 0. The van der Waals surface area contributed by atoms with Crippen molar-refractivity contribution in [3.8, 4) is 23.0 Å². The molecule has 0 saturated heterocycles. The van der Waals surface area contributed by atoms with Gasteiger partial charge in [0, 0.05) is 6.07 Å². The first kappa shape index (κ1) is 16.7. The number of benzene rings is 2. The molecule has 2 aromatic rings. The van der Waals surface area contributed by atoms with E-state index < -0.39 is 0 Å². The summed E-state index contributed by atoms with van der Waals surface area (Å²) in [6.45, 7) is 1.81. The van der Waals surface area contributed by atoms with E-state index in [1.54, 1.807) is 6.07 Å². The fourth-order valence-corrected chi connectivity index (χ4v) is 2.32. The molecule has 0 N–H and O–H groups in total. The fourth-order valence-electron chi connectivity index (χ4n) is 2.32. The number of carbonyl (C=O) groups excluding carboxylic acids is 1. The van der Waals surface area contributed by atoms with Crippen LogP contribution in [0, 0.1) is 0 Å². The second-order valence-corrected chi connectivity index (χ2v) is 4.85. The van der Waals surface area contributed by atoms with Crippen LogP contribution in [0.3, 0.4) is 0 Å². The van der Waals surface area contributed by atoms with Crippen molar-refractivity contribution in [2.75, 3.05) is 21.3 Å². The normalized spacial score (nSPS) is 10.1. The average molecular weight is 316 g/mol. The van der Waals surface area contributed by atoms with Gasteiger partial charge in [-0.1, -0.05) is 30.3 Å². The number of hydrogen-bond donors (Lipinski definition) is 0. The van der Waals surface area contributed by atoms with Crippen LogP contribution in [0.2, 0.25) is 0 Å². The second kappa shape index (κ2) is 7.54. The maximum Gasteiger partial charge on any atom is 0.204 e. The summed E-state index contributed by atoms with van der Waals surface area (Å²) in [4.78, 5) is 11.9. The lowest BCUT2D eigenvalue weighted by Gasteiger charge is -2.18. The van der Waals surface area contributed by atoms with E-state index >= 15 is 0 Å². The van der Waals surface area contributed by atoms with Crippen molar-refractivity contribution in [2.45, 2.75) is 13.5 Å². The third-order valence-electron chi connectivity index (χ3n) is 3.38. The van der Waals surface area contributed by atoms with Crippen LogP contribution in [0.1, 0.15) is 22.8 Å². The summed E-state index contributed by atoms with van der Waals surface area (Å²) in [5, 5.41) is 0. The summed E-state index contributed by atoms with van der Waals surface area (Å²) in [6.07, 6.45) is 0. The SMILES string of the molecule is COc1cc(OCc2ccccc2)c(OC)c(OC)c1C(C)=O. The first-order valence-electron chi connectivity index (χ1n) is 7.13. The highest BCUT2D eigenvalue weighted by atomic mass is 16.5. The molecule has 0 heterocycles. The molecule has 0 radical (unpaired) electrons. The Kier molecular flexibility index (Phi) is 5.46. The summed E-state index contributed by atoms with van der Waals surface area (Å²) in [7, 11) is 4.48. The molecule has 0 aliphatic carbocycles. The maximum absolute atomic E-state index is 11.9. The van der Waals surface area contributed by atoms with Crippen LogP contribution in [0.15, 0.2) is 36.4 Å². The monoisotopic (exact) mass is 316 g/mol. The van der Waals surface area contributed by atoms with Crippen molar-refractivity contribution in [1.82, 2.24) is 0 Å². The number of ketones is 1. The Balaban J connectivity index is 2.44. The standard InChI is InChI=1S/C18H20O5/c1-12(19)16-14(20-2)10-15(17(21-3)18(16)22-4)23-11-13-8-6-5-7-9-13/h5-10H,11H2,1-4H3. The molecule has 0 aromatic heterocycles. The van der Waals surface area contributed by atoms with E-state index in [-0.39, 0.29) is 5.78 Å². The highest BCUT2D eigenvalue weighted by molar-refractivity contribution is 6.01. The molecule has 0 fully saturated rings. The zero-order chi connectivity index (χ0) is 16.8. The maximum atomic E-state index is 11.9. The van der Waals surface area contributed by atoms with Gasteiger partial charge in [0.1, 0.15) is 17.9 Å². The molecule has 0 aliphatic rings. The van der Waals surface area contributed by atoms with Gasteiger partial charge < -0.3 is 18.9 Å². The number of hydrogen-bond acceptors (Lipinski definition) is 5. The molecule has 122 valence electrons. The molecular formula is C18H20O5. The molecule has 2 rings (SSSR count). The Morgan fingerprint density at radius 2 is 1.57 bits per heavy atom. The van der Waals surface area contributed by atoms with Crippen LogP contribution in [0.4, 0.5) is 0 Å². The zero-order valence-electron chi connectivity index (χ0n) is 13.7. The Morgan fingerprint density at radius 1 is 0.913 bits per heavy atom. The van der Waals surface area contributed by atoms with Crippen molar-refractivity contribution in [2.24, 2.45) is 0 Å². The summed E-state index contributed by atoms with van der Waals surface area (Å²) in [5.74, 6) is 1.34. The van der Waals surface area contributed by atoms with Crippen LogP contribution in [0.5, 0.6) is 23.0 Å². The van der Waals surface area contributed by atoms with Crippen LogP contribution in [-0.2, 0) is 6.61 Å². The van der Waals surface area contributed by atoms with E-state index in [0.717, 1.165) is 5.56 Å². The van der Waals surface area contributed by atoms with E-state index in [2.05, 4.69) is 0 Å². The zero-order valence-corrected chi connectivity index (χ0v) is 13.7. The van der Waals surface area contributed by atoms with E-state index in [1.165, 1.54) is 28.3 Å². The molecule has 0 spiro atoms. The minimum Gasteiger partial charge on any atom is -0.496 e. The second-order valence-electron chi connectivity index (χ2n) is 4.85. The molecule has 0 saturated carbocycles. The van der Waals surface area contributed by atoms with Crippen molar-refractivity contribution in [1.29, 1.82) is 0 Å². The first-order valence-corrected chi connectivity index (χ1v) is 7.13. The van der Waals surface area contributed by atoms with Crippen LogP contribution >= 0.6 is 0 Å². The third-order valence-corrected chi connectivity index (χ3v) is 3.38. The van der Waals surface area contributed by atoms with Gasteiger partial charge >= 0.3 is 0 Å². The summed E-state index contributed by atoms with van der Waals surface area (Å²) in [6, 6.07) is 11.4. The van der Waals surface area contributed by atoms with Crippen molar-refractivity contribution >= 4 is 5.78 Å². The Labute approximate surface area is 135 Å². The van der Waals surface area contributed by atoms with Crippen LogP contribution < -0.4 is 18.9 Å². The highest BCUT2D eigenvalue weighted by Gasteiger charge is 2.24. The van der Waals surface area contributed by atoms with Crippen molar-refractivity contribution < 1.29 is 23.7 Å². The van der Waals surface area contributed by atoms with Gasteiger partial charge in [-0.3, -0.25) is 4.79 Å². The lowest BCUT2D eigenvalue weighted by molar-refractivity contribution is 0.101. The van der Waals surface area contributed by atoms with Gasteiger partial charge in [0.05, 0.1) is 21.3 Å². The lowest BCUT2D eigenvalue weighted by Crippen LogP contribution is -2.06. The Hall–Kier alpha value is -2.69. The summed E-state index contributed by atoms with van der Waals surface area (Å²) in [5.41, 5.74) is 1.35. The molecule has 5 nitrogen and oxygen atoms in total. The number of Topliss-reactive ketones (excluding diaryl/α,β-unsaturated/α-hetero) is 1. The highest BCUT2D eigenvalue weighted by Crippen LogP contribution is 2.45. The predicted molar refractivity (Wildman–Crippen MR) is 86.9 cm³/mol. The predicted octanol–water partition coefficient (Wildman–Crippen LogP) is 3.49. The molecule has 0 atom stereocenters. The molecule has 0 aliphatic heterocycles. The Bertz CT molecular complexity index is 680. The fraction of sp³-hybridized carbons (Fsp3) is 0.278. The van der Waals surface area contributed by atoms with E-state index in [9.17, 15) is 4.79 Å². The lowest BCUT2D eigenvalue weighted by atomic mass is 10.1. The van der Waals surface area contributed by atoms with E-state index in [1.807, 2.05) is 30.3 Å². The van der Waals surface area contributed by atoms with Gasteiger partial charge in [-0.2, -0.15) is 0 Å². The minimum absolute atomic E-state index is 0.174. The topological polar surface area (TPSA) is 54.0 Å². The molecule has 23 heavy (non-hydrogen) atoms. The number of carbonyl (C=O) groups is 1. The third kappa shape index (κ3) is 3.56. The minimum atomic E-state index is -0.174. The van der Waals surface area contributed by atoms with Crippen molar-refractivity contribution in [3.63, 3.8) is 0 Å². The van der Waals surface area contributed by atoms with Gasteiger partial charge in [-0.15, -0.1) is 0 Å². The molecular weight excluding hydrogens is 296 g/mol. The van der Waals surface area contributed by atoms with E-state index in [0.29, 0.717) is 35.2 Å². The molecule has 2 aromatic carbocycles. The summed E-state index contributed by atoms with van der Waals surface area (Å²) < 4.78 is 21.9. The van der Waals surface area contributed by atoms with E-state index in [4.69, 9.17) is 18.9 Å². The smallest absolute Gasteiger partial charge is 0.204 e. The number of rotatable bonds is 7. The molecule has 0 amide bonds. The van der Waals surface area contributed by atoms with Gasteiger partial charge in [0.25, 0.3) is 0 Å². The first-order chi connectivity index (χ1) is 11.1. The molecule has 0 unspecified atom stereocenters. The Morgan fingerprint density at radius 3 is 2.09 bits per heavy atom. The number of methoxy groups -OCH3 is 3. The van der Waals surface area contributed by atoms with Crippen LogP contribution in [-0.4, -0.2) is 27.1 Å². The largest absolute Gasteiger partial charge is 0.496 e. The number of ether oxygens (including phenoxy) is 4. The van der Waals surface area contributed by atoms with Gasteiger partial charge in [-0.25, -0.2) is 0 Å². The molecule has 5 heteroatoms. The van der Waals surface area contributed by atoms with Gasteiger partial charge in [-0.05, 0) is 12.5 Å². The van der Waals surface area contributed by atoms with Gasteiger partial charge in [0.15, 0.2) is 17.3 Å². The average Bonchev–Trinajstić information content (AvgIpc) is 2.58. The van der Waals surface area contributed by atoms with Gasteiger partial charge in [0.2, 0.25) is 5.75 Å². The molecule has 0 bridgehead atoms. The van der Waals surface area contributed by atoms with Crippen LogP contribution in [0.25, 0.3) is 0 Å².